The summed E-state index contributed by atoms with van der Waals surface area (Å²) < 4.78 is 5.51. The Morgan fingerprint density at radius 3 is 3.11 bits per heavy atom. The van der Waals surface area contributed by atoms with Crippen molar-refractivity contribution in [2.24, 2.45) is 0 Å². The standard InChI is InChI=1S/C13H14N4O/c1-9(2)18-11-8-16-13-12(17-11)10(7-15-13)5-3-4-6-14/h3-4,7-9H,5H2,1-2H3,(H,15,16)/b4-3-. The normalized spacial score (nSPS) is 11.2. The Labute approximate surface area is 105 Å². The minimum Gasteiger partial charge on any atom is -0.474 e. The highest BCUT2D eigenvalue weighted by molar-refractivity contribution is 5.75. The molecule has 0 unspecified atom stereocenters. The van der Waals surface area contributed by atoms with Crippen LogP contribution in [0.1, 0.15) is 19.4 Å². The highest BCUT2D eigenvalue weighted by atomic mass is 16.5. The Morgan fingerprint density at radius 2 is 2.39 bits per heavy atom. The minimum absolute atomic E-state index is 0.0672. The second-order valence-corrected chi connectivity index (χ2v) is 4.12. The summed E-state index contributed by atoms with van der Waals surface area (Å²) in [5, 5.41) is 8.46. The highest BCUT2D eigenvalue weighted by Crippen LogP contribution is 2.18. The molecular weight excluding hydrogens is 228 g/mol. The Balaban J connectivity index is 2.31. The molecule has 92 valence electrons. The van der Waals surface area contributed by atoms with Crippen molar-refractivity contribution in [1.29, 1.82) is 5.26 Å². The van der Waals surface area contributed by atoms with Gasteiger partial charge in [0, 0.05) is 17.8 Å². The summed E-state index contributed by atoms with van der Waals surface area (Å²) in [5.41, 5.74) is 2.51. The van der Waals surface area contributed by atoms with Crippen molar-refractivity contribution >= 4 is 11.2 Å². The molecule has 2 aromatic heterocycles. The number of fused-ring (bicyclic) bond motifs is 1. The number of aromatic amines is 1. The molecule has 0 aliphatic carbocycles. The van der Waals surface area contributed by atoms with Crippen LogP contribution in [0, 0.1) is 11.3 Å². The van der Waals surface area contributed by atoms with Crippen LogP contribution in [0.5, 0.6) is 5.88 Å². The first-order valence-electron chi connectivity index (χ1n) is 5.75. The van der Waals surface area contributed by atoms with Crippen LogP contribution in [-0.4, -0.2) is 21.1 Å². The van der Waals surface area contributed by atoms with Crippen molar-refractivity contribution in [2.75, 3.05) is 0 Å². The molecule has 0 atom stereocenters. The summed E-state index contributed by atoms with van der Waals surface area (Å²) in [5.74, 6) is 0.516. The summed E-state index contributed by atoms with van der Waals surface area (Å²) in [6, 6.07) is 1.96. The number of H-pyrrole nitrogens is 1. The molecule has 0 spiro atoms. The van der Waals surface area contributed by atoms with Crippen molar-refractivity contribution in [1.82, 2.24) is 15.0 Å². The van der Waals surface area contributed by atoms with E-state index in [0.717, 1.165) is 16.7 Å². The predicted molar refractivity (Wildman–Crippen MR) is 68.1 cm³/mol. The van der Waals surface area contributed by atoms with Gasteiger partial charge in [-0.15, -0.1) is 0 Å². The van der Waals surface area contributed by atoms with E-state index in [1.165, 1.54) is 6.08 Å². The number of hydrogen-bond donors (Lipinski definition) is 1. The third-order valence-corrected chi connectivity index (χ3v) is 2.32. The summed E-state index contributed by atoms with van der Waals surface area (Å²) in [6.07, 6.45) is 7.42. The fourth-order valence-electron chi connectivity index (χ4n) is 1.62. The quantitative estimate of drug-likeness (QED) is 0.835. The van der Waals surface area contributed by atoms with Gasteiger partial charge in [-0.2, -0.15) is 5.26 Å². The van der Waals surface area contributed by atoms with Crippen molar-refractivity contribution in [2.45, 2.75) is 26.4 Å². The lowest BCUT2D eigenvalue weighted by molar-refractivity contribution is 0.232. The van der Waals surface area contributed by atoms with Gasteiger partial charge in [-0.3, -0.25) is 0 Å². The number of allylic oxidation sites excluding steroid dienone is 2. The van der Waals surface area contributed by atoms with Gasteiger partial charge in [-0.05, 0) is 20.3 Å². The van der Waals surface area contributed by atoms with Gasteiger partial charge in [0.2, 0.25) is 5.88 Å². The topological polar surface area (TPSA) is 74.6 Å². The summed E-state index contributed by atoms with van der Waals surface area (Å²) >= 11 is 0. The van der Waals surface area contributed by atoms with Crippen LogP contribution in [0.4, 0.5) is 0 Å². The molecule has 0 radical (unpaired) electrons. The molecule has 0 amide bonds. The second kappa shape index (κ2) is 5.32. The maximum absolute atomic E-state index is 8.46. The average molecular weight is 242 g/mol. The van der Waals surface area contributed by atoms with E-state index in [1.54, 1.807) is 12.3 Å². The van der Waals surface area contributed by atoms with Crippen LogP contribution in [0.2, 0.25) is 0 Å². The SMILES string of the molecule is CC(C)Oc1cnc2[nH]cc(C/C=C\C#N)c2n1. The molecule has 0 bridgehead atoms. The Kier molecular flexibility index (Phi) is 3.58. The maximum atomic E-state index is 8.46. The fourth-order valence-corrected chi connectivity index (χ4v) is 1.62. The number of rotatable bonds is 4. The molecule has 0 aliphatic heterocycles. The number of nitrogens with one attached hydrogen (secondary N) is 1. The van der Waals surface area contributed by atoms with Gasteiger partial charge in [-0.1, -0.05) is 6.08 Å². The molecule has 2 aromatic rings. The van der Waals surface area contributed by atoms with Gasteiger partial charge in [0.1, 0.15) is 5.52 Å². The molecule has 1 N–H and O–H groups in total. The lowest BCUT2D eigenvalue weighted by atomic mass is 10.2. The van der Waals surface area contributed by atoms with E-state index in [4.69, 9.17) is 10.00 Å². The first-order chi connectivity index (χ1) is 8.70. The lowest BCUT2D eigenvalue weighted by Crippen LogP contribution is -2.07. The summed E-state index contributed by atoms with van der Waals surface area (Å²) in [4.78, 5) is 11.7. The van der Waals surface area contributed by atoms with E-state index >= 15 is 0 Å². The summed E-state index contributed by atoms with van der Waals surface area (Å²) in [6.45, 7) is 3.89. The van der Waals surface area contributed by atoms with Gasteiger partial charge in [0.05, 0.1) is 18.4 Å². The molecule has 5 nitrogen and oxygen atoms in total. The van der Waals surface area contributed by atoms with Gasteiger partial charge < -0.3 is 9.72 Å². The maximum Gasteiger partial charge on any atom is 0.233 e. The van der Waals surface area contributed by atoms with E-state index in [9.17, 15) is 0 Å². The van der Waals surface area contributed by atoms with Crippen molar-refractivity contribution < 1.29 is 4.74 Å². The average Bonchev–Trinajstić information content (AvgIpc) is 2.72. The van der Waals surface area contributed by atoms with Gasteiger partial charge in [0.25, 0.3) is 0 Å². The molecule has 2 heterocycles. The highest BCUT2D eigenvalue weighted by Gasteiger charge is 2.08. The van der Waals surface area contributed by atoms with E-state index in [2.05, 4.69) is 15.0 Å². The zero-order chi connectivity index (χ0) is 13.0. The van der Waals surface area contributed by atoms with Crippen LogP contribution >= 0.6 is 0 Å². The van der Waals surface area contributed by atoms with Crippen LogP contribution in [0.3, 0.4) is 0 Å². The first kappa shape index (κ1) is 12.1. The van der Waals surface area contributed by atoms with Crippen molar-refractivity contribution in [3.05, 3.63) is 30.1 Å². The smallest absolute Gasteiger partial charge is 0.233 e. The van der Waals surface area contributed by atoms with Crippen LogP contribution < -0.4 is 4.74 Å². The number of ether oxygens (including phenoxy) is 1. The monoisotopic (exact) mass is 242 g/mol. The number of aromatic nitrogens is 3. The van der Waals surface area contributed by atoms with Crippen LogP contribution in [0.25, 0.3) is 11.2 Å². The Hall–Kier alpha value is -2.35. The molecular formula is C13H14N4O. The molecule has 0 saturated carbocycles. The summed E-state index contributed by atoms with van der Waals surface area (Å²) in [7, 11) is 0. The van der Waals surface area contributed by atoms with E-state index in [1.807, 2.05) is 26.1 Å². The van der Waals surface area contributed by atoms with Crippen LogP contribution in [0.15, 0.2) is 24.5 Å². The Morgan fingerprint density at radius 1 is 1.56 bits per heavy atom. The van der Waals surface area contributed by atoms with Crippen molar-refractivity contribution in [3.63, 3.8) is 0 Å². The lowest BCUT2D eigenvalue weighted by Gasteiger charge is -2.07. The zero-order valence-corrected chi connectivity index (χ0v) is 10.3. The minimum atomic E-state index is 0.0672. The molecule has 0 aromatic carbocycles. The zero-order valence-electron chi connectivity index (χ0n) is 10.3. The Bertz CT molecular complexity index is 607. The fraction of sp³-hybridized carbons (Fsp3) is 0.308. The van der Waals surface area contributed by atoms with Crippen molar-refractivity contribution in [3.8, 4) is 11.9 Å². The molecule has 18 heavy (non-hydrogen) atoms. The molecule has 5 heteroatoms. The van der Waals surface area contributed by atoms with Gasteiger partial charge >= 0.3 is 0 Å². The third-order valence-electron chi connectivity index (χ3n) is 2.32. The number of nitrogens with zero attached hydrogens (tertiary/aromatic N) is 3. The second-order valence-electron chi connectivity index (χ2n) is 4.12. The molecule has 0 saturated heterocycles. The molecule has 0 fully saturated rings. The predicted octanol–water partition coefficient (Wildman–Crippen LogP) is 2.37. The first-order valence-corrected chi connectivity index (χ1v) is 5.75. The van der Waals surface area contributed by atoms with E-state index in [0.29, 0.717) is 12.3 Å². The molecule has 2 rings (SSSR count). The number of nitriles is 1. The van der Waals surface area contributed by atoms with E-state index in [-0.39, 0.29) is 6.10 Å². The number of hydrogen-bond acceptors (Lipinski definition) is 4. The molecule has 0 aliphatic rings. The van der Waals surface area contributed by atoms with Gasteiger partial charge in [0.15, 0.2) is 5.65 Å². The van der Waals surface area contributed by atoms with E-state index < -0.39 is 0 Å². The van der Waals surface area contributed by atoms with Gasteiger partial charge in [-0.25, -0.2) is 9.97 Å². The van der Waals surface area contributed by atoms with Crippen LogP contribution in [-0.2, 0) is 6.42 Å². The third kappa shape index (κ3) is 2.66. The largest absolute Gasteiger partial charge is 0.474 e.